The fourth-order valence-corrected chi connectivity index (χ4v) is 4.53. The molecule has 35 heavy (non-hydrogen) atoms. The van der Waals surface area contributed by atoms with E-state index in [-0.39, 0.29) is 17.9 Å². The summed E-state index contributed by atoms with van der Waals surface area (Å²) in [7, 11) is 1.64. The van der Waals surface area contributed by atoms with Gasteiger partial charge in [0, 0.05) is 29.6 Å². The molecule has 8 nitrogen and oxygen atoms in total. The average Bonchev–Trinajstić information content (AvgIpc) is 3.32. The van der Waals surface area contributed by atoms with Gasteiger partial charge in [-0.05, 0) is 73.9 Å². The van der Waals surface area contributed by atoms with Crippen LogP contribution in [0.5, 0.6) is 5.75 Å². The zero-order valence-electron chi connectivity index (χ0n) is 19.7. The number of hydrogen-bond acceptors (Lipinski definition) is 6. The van der Waals surface area contributed by atoms with E-state index in [4.69, 9.17) is 21.4 Å². The molecule has 1 unspecified atom stereocenters. The van der Waals surface area contributed by atoms with Gasteiger partial charge < -0.3 is 15.0 Å². The lowest BCUT2D eigenvalue weighted by Crippen LogP contribution is -2.41. The number of ether oxygens (including phenoxy) is 1. The number of hydrogen-bond donors (Lipinski definition) is 1. The number of halogens is 1. The lowest BCUT2D eigenvalue weighted by Gasteiger charge is -2.32. The first kappa shape index (κ1) is 23.1. The SMILES string of the molecule is COc1ccc(C(C)NC(=O)C2CCN(c3ccc4nnc(-c5ccc(Cl)cc5)n4n3)CC2)cc1. The van der Waals surface area contributed by atoms with E-state index in [1.165, 1.54) is 0 Å². The van der Waals surface area contributed by atoms with Crippen LogP contribution < -0.4 is 15.0 Å². The molecule has 1 amide bonds. The molecule has 9 heteroatoms. The highest BCUT2D eigenvalue weighted by atomic mass is 35.5. The Morgan fingerprint density at radius 2 is 1.74 bits per heavy atom. The van der Waals surface area contributed by atoms with Crippen LogP contribution in [0, 0.1) is 5.92 Å². The Labute approximate surface area is 208 Å². The topological polar surface area (TPSA) is 84.6 Å². The van der Waals surface area contributed by atoms with Crippen LogP contribution >= 0.6 is 11.6 Å². The van der Waals surface area contributed by atoms with E-state index >= 15 is 0 Å². The van der Waals surface area contributed by atoms with Gasteiger partial charge in [0.15, 0.2) is 11.5 Å². The predicted octanol–water partition coefficient (Wildman–Crippen LogP) is 4.55. The summed E-state index contributed by atoms with van der Waals surface area (Å²) in [5, 5.41) is 17.2. The van der Waals surface area contributed by atoms with Crippen molar-refractivity contribution in [2.75, 3.05) is 25.1 Å². The summed E-state index contributed by atoms with van der Waals surface area (Å²) in [6.07, 6.45) is 1.54. The van der Waals surface area contributed by atoms with Gasteiger partial charge in [0.2, 0.25) is 5.91 Å². The molecule has 0 radical (unpaired) electrons. The van der Waals surface area contributed by atoms with Crippen molar-refractivity contribution in [2.24, 2.45) is 5.92 Å². The Morgan fingerprint density at radius 1 is 1.03 bits per heavy atom. The molecule has 4 aromatic rings. The molecule has 1 fully saturated rings. The number of aromatic nitrogens is 4. The van der Waals surface area contributed by atoms with Crippen LogP contribution in [0.25, 0.3) is 17.0 Å². The van der Waals surface area contributed by atoms with Crippen molar-refractivity contribution in [3.8, 4) is 17.1 Å². The van der Waals surface area contributed by atoms with E-state index in [0.717, 1.165) is 48.6 Å². The molecule has 2 aromatic carbocycles. The van der Waals surface area contributed by atoms with E-state index < -0.39 is 0 Å². The number of amides is 1. The molecule has 1 atom stereocenters. The van der Waals surface area contributed by atoms with E-state index in [0.29, 0.717) is 16.5 Å². The number of carbonyl (C=O) groups is 1. The largest absolute Gasteiger partial charge is 0.497 e. The lowest BCUT2D eigenvalue weighted by molar-refractivity contribution is -0.126. The summed E-state index contributed by atoms with van der Waals surface area (Å²) in [6.45, 7) is 3.52. The van der Waals surface area contributed by atoms with Gasteiger partial charge in [0.05, 0.1) is 13.2 Å². The Kier molecular flexibility index (Phi) is 6.55. The summed E-state index contributed by atoms with van der Waals surface area (Å²) >= 11 is 6.02. The fourth-order valence-electron chi connectivity index (χ4n) is 4.40. The minimum atomic E-state index is -0.0597. The van der Waals surface area contributed by atoms with Gasteiger partial charge >= 0.3 is 0 Å². The average molecular weight is 491 g/mol. The molecule has 0 spiro atoms. The fraction of sp³-hybridized carbons (Fsp3) is 0.308. The highest BCUT2D eigenvalue weighted by molar-refractivity contribution is 6.30. The van der Waals surface area contributed by atoms with Gasteiger partial charge in [0.25, 0.3) is 0 Å². The Morgan fingerprint density at radius 3 is 2.43 bits per heavy atom. The maximum Gasteiger partial charge on any atom is 0.223 e. The third-order valence-corrected chi connectivity index (χ3v) is 6.77. The van der Waals surface area contributed by atoms with E-state index in [1.54, 1.807) is 11.6 Å². The van der Waals surface area contributed by atoms with Gasteiger partial charge in [-0.2, -0.15) is 4.52 Å². The predicted molar refractivity (Wildman–Crippen MR) is 136 cm³/mol. The first-order valence-electron chi connectivity index (χ1n) is 11.7. The number of anilines is 1. The number of rotatable bonds is 6. The van der Waals surface area contributed by atoms with Gasteiger partial charge in [-0.3, -0.25) is 4.79 Å². The number of methoxy groups -OCH3 is 1. The van der Waals surface area contributed by atoms with Crippen molar-refractivity contribution in [1.29, 1.82) is 0 Å². The molecule has 0 bridgehead atoms. The number of piperidine rings is 1. The van der Waals surface area contributed by atoms with Crippen LogP contribution in [-0.4, -0.2) is 45.9 Å². The van der Waals surface area contributed by atoms with Gasteiger partial charge in [-0.1, -0.05) is 23.7 Å². The third kappa shape index (κ3) is 4.93. The first-order valence-corrected chi connectivity index (χ1v) is 12.1. The number of fused-ring (bicyclic) bond motifs is 1. The summed E-state index contributed by atoms with van der Waals surface area (Å²) in [4.78, 5) is 15.1. The second kappa shape index (κ2) is 9.92. The van der Waals surface area contributed by atoms with Crippen LogP contribution in [0.3, 0.4) is 0 Å². The zero-order chi connectivity index (χ0) is 24.4. The van der Waals surface area contributed by atoms with E-state index in [2.05, 4.69) is 20.4 Å². The first-order chi connectivity index (χ1) is 17.0. The molecular formula is C26H27ClN6O2. The zero-order valence-corrected chi connectivity index (χ0v) is 20.4. The van der Waals surface area contributed by atoms with Crippen molar-refractivity contribution >= 4 is 29.0 Å². The van der Waals surface area contributed by atoms with Crippen LogP contribution in [0.2, 0.25) is 5.02 Å². The summed E-state index contributed by atoms with van der Waals surface area (Å²) < 4.78 is 6.97. The second-order valence-electron chi connectivity index (χ2n) is 8.76. The molecule has 0 aliphatic carbocycles. The molecule has 1 N–H and O–H groups in total. The molecule has 2 aromatic heterocycles. The number of benzene rings is 2. The van der Waals surface area contributed by atoms with Crippen molar-refractivity contribution < 1.29 is 9.53 Å². The molecule has 180 valence electrons. The van der Waals surface area contributed by atoms with Crippen molar-refractivity contribution in [1.82, 2.24) is 25.1 Å². The van der Waals surface area contributed by atoms with Crippen molar-refractivity contribution in [3.05, 3.63) is 71.2 Å². The van der Waals surface area contributed by atoms with E-state index in [9.17, 15) is 4.79 Å². The standard InChI is InChI=1S/C26H27ClN6O2/c1-17(18-5-9-22(35-2)10-6-18)28-26(34)20-13-15-32(16-14-20)24-12-11-23-29-30-25(33(23)31-24)19-3-7-21(27)8-4-19/h3-12,17,20H,13-16H2,1-2H3,(H,28,34). The quantitative estimate of drug-likeness (QED) is 0.427. The Balaban J connectivity index is 1.23. The lowest BCUT2D eigenvalue weighted by atomic mass is 9.95. The van der Waals surface area contributed by atoms with Crippen LogP contribution in [0.4, 0.5) is 5.82 Å². The van der Waals surface area contributed by atoms with Gasteiger partial charge in [-0.15, -0.1) is 15.3 Å². The van der Waals surface area contributed by atoms with Gasteiger partial charge in [-0.25, -0.2) is 0 Å². The monoisotopic (exact) mass is 490 g/mol. The summed E-state index contributed by atoms with van der Waals surface area (Å²) in [5.74, 6) is 2.40. The maximum absolute atomic E-state index is 12.9. The summed E-state index contributed by atoms with van der Waals surface area (Å²) in [6, 6.07) is 19.1. The molecule has 1 saturated heterocycles. The number of nitrogens with zero attached hydrogens (tertiary/aromatic N) is 5. The molecule has 0 saturated carbocycles. The van der Waals surface area contributed by atoms with Crippen LogP contribution in [0.1, 0.15) is 31.4 Å². The normalized spacial score (nSPS) is 15.2. The third-order valence-electron chi connectivity index (χ3n) is 6.52. The highest BCUT2D eigenvalue weighted by Gasteiger charge is 2.27. The summed E-state index contributed by atoms with van der Waals surface area (Å²) in [5.41, 5.74) is 2.63. The Bertz CT molecular complexity index is 1310. The molecular weight excluding hydrogens is 464 g/mol. The second-order valence-corrected chi connectivity index (χ2v) is 9.19. The highest BCUT2D eigenvalue weighted by Crippen LogP contribution is 2.26. The number of nitrogens with one attached hydrogen (secondary N) is 1. The van der Waals surface area contributed by atoms with Gasteiger partial charge in [0.1, 0.15) is 11.6 Å². The minimum absolute atomic E-state index is 0.0183. The Hall–Kier alpha value is -3.65. The van der Waals surface area contributed by atoms with Crippen molar-refractivity contribution in [2.45, 2.75) is 25.8 Å². The van der Waals surface area contributed by atoms with Crippen LogP contribution in [-0.2, 0) is 4.79 Å². The minimum Gasteiger partial charge on any atom is -0.497 e. The van der Waals surface area contributed by atoms with Crippen LogP contribution in [0.15, 0.2) is 60.7 Å². The van der Waals surface area contributed by atoms with Crippen molar-refractivity contribution in [3.63, 3.8) is 0 Å². The smallest absolute Gasteiger partial charge is 0.223 e. The maximum atomic E-state index is 12.9. The molecule has 5 rings (SSSR count). The molecule has 1 aliphatic heterocycles. The number of carbonyl (C=O) groups excluding carboxylic acids is 1. The van der Waals surface area contributed by atoms with E-state index in [1.807, 2.05) is 67.6 Å². The molecule has 3 heterocycles. The molecule has 1 aliphatic rings.